The molecule has 2 rings (SSSR count). The molecule has 1 aliphatic rings. The molecule has 8 heteroatoms. The number of sulfonamides is 1. The third-order valence-corrected chi connectivity index (χ3v) is 5.39. The van der Waals surface area contributed by atoms with E-state index in [-0.39, 0.29) is 18.3 Å². The molecule has 120 valence electrons. The van der Waals surface area contributed by atoms with E-state index >= 15 is 0 Å². The Kier molecular flexibility index (Phi) is 6.52. The fraction of sp³-hybridized carbons (Fsp3) is 0.538. The molecule has 0 spiro atoms. The highest BCUT2D eigenvalue weighted by Crippen LogP contribution is 2.25. The van der Waals surface area contributed by atoms with E-state index in [0.29, 0.717) is 19.6 Å². The van der Waals surface area contributed by atoms with Crippen LogP contribution in [0.1, 0.15) is 12.8 Å². The third kappa shape index (κ3) is 3.91. The van der Waals surface area contributed by atoms with Gasteiger partial charge in [-0.3, -0.25) is 0 Å². The molecule has 0 amide bonds. The Morgan fingerprint density at radius 1 is 1.38 bits per heavy atom. The standard InChI is InChI=1S/C13H18F2N2O2S.ClH/c1-16-8-10-4-3-7-17(9-10)20(18,19)12-6-2-5-11(14)13(12)15;/h2,5-6,10,16H,3-4,7-9H2,1H3;1H. The molecule has 4 nitrogen and oxygen atoms in total. The maximum atomic E-state index is 13.7. The van der Waals surface area contributed by atoms with Crippen molar-refractivity contribution in [3.8, 4) is 0 Å². The molecule has 1 aromatic carbocycles. The second-order valence-corrected chi connectivity index (χ2v) is 6.89. The Labute approximate surface area is 130 Å². The van der Waals surface area contributed by atoms with E-state index in [2.05, 4.69) is 5.32 Å². The van der Waals surface area contributed by atoms with Crippen molar-refractivity contribution in [3.63, 3.8) is 0 Å². The van der Waals surface area contributed by atoms with Crippen LogP contribution in [0.2, 0.25) is 0 Å². The quantitative estimate of drug-likeness (QED) is 0.912. The normalized spacial score (nSPS) is 20.0. The van der Waals surface area contributed by atoms with E-state index in [1.807, 2.05) is 0 Å². The molecular formula is C13H19ClF2N2O2S. The minimum atomic E-state index is -3.98. The predicted octanol–water partition coefficient (Wildman–Crippen LogP) is 2.01. The van der Waals surface area contributed by atoms with E-state index < -0.39 is 26.6 Å². The number of hydrogen-bond acceptors (Lipinski definition) is 3. The molecule has 1 saturated heterocycles. The SMILES string of the molecule is CNCC1CCCN(S(=O)(=O)c2cccc(F)c2F)C1.Cl. The average Bonchev–Trinajstić information content (AvgIpc) is 2.42. The van der Waals surface area contributed by atoms with Gasteiger partial charge in [0.1, 0.15) is 4.90 Å². The van der Waals surface area contributed by atoms with Gasteiger partial charge in [0.15, 0.2) is 11.6 Å². The van der Waals surface area contributed by atoms with Gasteiger partial charge in [0.2, 0.25) is 10.0 Å². The lowest BCUT2D eigenvalue weighted by Crippen LogP contribution is -2.42. The molecule has 0 saturated carbocycles. The highest BCUT2D eigenvalue weighted by atomic mass is 35.5. The Morgan fingerprint density at radius 3 is 2.76 bits per heavy atom. The Hall–Kier alpha value is -0.760. The average molecular weight is 341 g/mol. The molecule has 1 aliphatic heterocycles. The summed E-state index contributed by atoms with van der Waals surface area (Å²) in [5.41, 5.74) is 0. The fourth-order valence-electron chi connectivity index (χ4n) is 2.52. The molecule has 0 bridgehead atoms. The minimum absolute atomic E-state index is 0. The van der Waals surface area contributed by atoms with Crippen molar-refractivity contribution in [1.82, 2.24) is 9.62 Å². The van der Waals surface area contributed by atoms with Crippen LogP contribution in [0, 0.1) is 17.6 Å². The van der Waals surface area contributed by atoms with Crippen LogP contribution in [0.4, 0.5) is 8.78 Å². The number of rotatable bonds is 4. The highest BCUT2D eigenvalue weighted by Gasteiger charge is 2.32. The molecule has 0 aromatic heterocycles. The summed E-state index contributed by atoms with van der Waals surface area (Å²) in [6.07, 6.45) is 1.65. The number of benzene rings is 1. The van der Waals surface area contributed by atoms with Crippen LogP contribution in [-0.2, 0) is 10.0 Å². The summed E-state index contributed by atoms with van der Waals surface area (Å²) in [6.45, 7) is 1.38. The monoisotopic (exact) mass is 340 g/mol. The Morgan fingerprint density at radius 2 is 2.10 bits per heavy atom. The first-order chi connectivity index (χ1) is 9.46. The van der Waals surface area contributed by atoms with Gasteiger partial charge < -0.3 is 5.32 Å². The molecule has 0 aliphatic carbocycles. The van der Waals surface area contributed by atoms with Gasteiger partial charge in [-0.2, -0.15) is 4.31 Å². The van der Waals surface area contributed by atoms with E-state index in [4.69, 9.17) is 0 Å². The van der Waals surface area contributed by atoms with Gasteiger partial charge in [-0.1, -0.05) is 6.07 Å². The lowest BCUT2D eigenvalue weighted by molar-refractivity contribution is 0.262. The maximum Gasteiger partial charge on any atom is 0.246 e. The van der Waals surface area contributed by atoms with E-state index in [9.17, 15) is 17.2 Å². The van der Waals surface area contributed by atoms with Gasteiger partial charge in [-0.15, -0.1) is 12.4 Å². The van der Waals surface area contributed by atoms with Gasteiger partial charge in [0, 0.05) is 13.1 Å². The lowest BCUT2D eigenvalue weighted by Gasteiger charge is -2.31. The molecule has 0 radical (unpaired) electrons. The molecule has 1 aromatic rings. The van der Waals surface area contributed by atoms with Crippen molar-refractivity contribution < 1.29 is 17.2 Å². The Bertz CT molecular complexity index is 582. The van der Waals surface area contributed by atoms with Crippen molar-refractivity contribution >= 4 is 22.4 Å². The number of nitrogens with zero attached hydrogens (tertiary/aromatic N) is 1. The smallest absolute Gasteiger partial charge is 0.246 e. The highest BCUT2D eigenvalue weighted by molar-refractivity contribution is 7.89. The zero-order chi connectivity index (χ0) is 14.8. The van der Waals surface area contributed by atoms with Crippen LogP contribution in [0.3, 0.4) is 0 Å². The summed E-state index contributed by atoms with van der Waals surface area (Å²) in [5.74, 6) is -2.25. The van der Waals surface area contributed by atoms with Gasteiger partial charge >= 0.3 is 0 Å². The predicted molar refractivity (Wildman–Crippen MR) is 79.0 cm³/mol. The van der Waals surface area contributed by atoms with Gasteiger partial charge in [0.05, 0.1) is 0 Å². The molecular weight excluding hydrogens is 322 g/mol. The van der Waals surface area contributed by atoms with Crippen LogP contribution in [-0.4, -0.2) is 39.4 Å². The first kappa shape index (κ1) is 18.3. The maximum absolute atomic E-state index is 13.7. The molecule has 1 heterocycles. The molecule has 1 fully saturated rings. The van der Waals surface area contributed by atoms with E-state index in [1.54, 1.807) is 7.05 Å². The summed E-state index contributed by atoms with van der Waals surface area (Å²) in [6, 6.07) is 3.23. The van der Waals surface area contributed by atoms with Crippen LogP contribution in [0.25, 0.3) is 0 Å². The van der Waals surface area contributed by atoms with Crippen LogP contribution in [0.5, 0.6) is 0 Å². The zero-order valence-electron chi connectivity index (χ0n) is 11.7. The second kappa shape index (κ2) is 7.49. The summed E-state index contributed by atoms with van der Waals surface area (Å²) < 4.78 is 53.0. The molecule has 1 unspecified atom stereocenters. The third-order valence-electron chi connectivity index (χ3n) is 3.51. The number of hydrogen-bond donors (Lipinski definition) is 1. The lowest BCUT2D eigenvalue weighted by atomic mass is 10.00. The van der Waals surface area contributed by atoms with Gasteiger partial charge in [-0.05, 0) is 44.5 Å². The van der Waals surface area contributed by atoms with Crippen LogP contribution < -0.4 is 5.32 Å². The molecule has 1 N–H and O–H groups in total. The van der Waals surface area contributed by atoms with Crippen molar-refractivity contribution in [1.29, 1.82) is 0 Å². The van der Waals surface area contributed by atoms with Crippen molar-refractivity contribution in [2.24, 2.45) is 5.92 Å². The summed E-state index contributed by atoms with van der Waals surface area (Å²) in [5, 5.41) is 3.01. The van der Waals surface area contributed by atoms with E-state index in [1.165, 1.54) is 10.4 Å². The van der Waals surface area contributed by atoms with Crippen molar-refractivity contribution in [3.05, 3.63) is 29.8 Å². The van der Waals surface area contributed by atoms with Gasteiger partial charge in [0.25, 0.3) is 0 Å². The second-order valence-electron chi connectivity index (χ2n) is 4.98. The minimum Gasteiger partial charge on any atom is -0.319 e. The summed E-state index contributed by atoms with van der Waals surface area (Å²) in [4.78, 5) is -0.581. The first-order valence-electron chi connectivity index (χ1n) is 6.55. The molecule has 21 heavy (non-hydrogen) atoms. The zero-order valence-corrected chi connectivity index (χ0v) is 13.3. The number of piperidine rings is 1. The first-order valence-corrected chi connectivity index (χ1v) is 7.99. The van der Waals surface area contributed by atoms with Crippen LogP contribution >= 0.6 is 12.4 Å². The topological polar surface area (TPSA) is 49.4 Å². The summed E-state index contributed by atoms with van der Waals surface area (Å²) in [7, 11) is -2.17. The Balaban J connectivity index is 0.00000220. The number of nitrogens with one attached hydrogen (secondary N) is 1. The van der Waals surface area contributed by atoms with E-state index in [0.717, 1.165) is 25.0 Å². The number of halogens is 3. The summed E-state index contributed by atoms with van der Waals surface area (Å²) >= 11 is 0. The largest absolute Gasteiger partial charge is 0.319 e. The van der Waals surface area contributed by atoms with Crippen molar-refractivity contribution in [2.45, 2.75) is 17.7 Å². The molecule has 1 atom stereocenters. The fourth-order valence-corrected chi connectivity index (χ4v) is 4.15. The van der Waals surface area contributed by atoms with Crippen molar-refractivity contribution in [2.75, 3.05) is 26.7 Å². The van der Waals surface area contributed by atoms with Crippen LogP contribution in [0.15, 0.2) is 23.1 Å². The van der Waals surface area contributed by atoms with Gasteiger partial charge in [-0.25, -0.2) is 17.2 Å².